The van der Waals surface area contributed by atoms with Crippen LogP contribution in [0.15, 0.2) is 36.5 Å². The number of hydrogen-bond donors (Lipinski definition) is 1. The van der Waals surface area contributed by atoms with E-state index >= 15 is 0 Å². The molecule has 1 unspecified atom stereocenters. The largest absolute Gasteiger partial charge is 0.416 e. The fraction of sp³-hybridized carbons (Fsp3) is 0.167. The third kappa shape index (κ3) is 4.69. The van der Waals surface area contributed by atoms with Gasteiger partial charge < -0.3 is 5.32 Å². The van der Waals surface area contributed by atoms with Crippen molar-refractivity contribution in [3.8, 4) is 11.9 Å². The lowest BCUT2D eigenvalue weighted by molar-refractivity contribution is -0.137. The van der Waals surface area contributed by atoms with Crippen LogP contribution in [0.3, 0.4) is 0 Å². The molecule has 0 bridgehead atoms. The van der Waals surface area contributed by atoms with Crippen LogP contribution in [0.1, 0.15) is 40.5 Å². The minimum absolute atomic E-state index is 0.146. The normalized spacial score (nSPS) is 12.3. The van der Waals surface area contributed by atoms with Gasteiger partial charge in [-0.25, -0.2) is 9.97 Å². The van der Waals surface area contributed by atoms with Crippen molar-refractivity contribution in [1.82, 2.24) is 25.1 Å². The first kappa shape index (κ1) is 21.5. The summed E-state index contributed by atoms with van der Waals surface area (Å²) in [6.07, 6.45) is -3.30. The highest BCUT2D eigenvalue weighted by molar-refractivity contribution is 6.31. The molecule has 0 aliphatic heterocycles. The first-order valence-corrected chi connectivity index (χ1v) is 9.01. The van der Waals surface area contributed by atoms with Gasteiger partial charge >= 0.3 is 6.18 Å². The summed E-state index contributed by atoms with van der Waals surface area (Å²) in [6, 6.07) is 6.57. The van der Waals surface area contributed by atoms with E-state index in [1.807, 2.05) is 0 Å². The van der Waals surface area contributed by atoms with Crippen LogP contribution < -0.4 is 5.32 Å². The van der Waals surface area contributed by atoms with Gasteiger partial charge in [0.25, 0.3) is 11.7 Å². The summed E-state index contributed by atoms with van der Waals surface area (Å²) in [5, 5.41) is 15.8. The lowest BCUT2D eigenvalue weighted by Crippen LogP contribution is -2.29. The molecule has 3 aromatic rings. The third-order valence-corrected chi connectivity index (χ3v) is 4.32. The molecule has 3 rings (SSSR count). The van der Waals surface area contributed by atoms with Gasteiger partial charge in [-0.15, -0.1) is 5.10 Å². The number of hydrogen-bond acceptors (Lipinski definition) is 5. The first-order chi connectivity index (χ1) is 14.1. The number of pyridine rings is 1. The van der Waals surface area contributed by atoms with E-state index < -0.39 is 23.7 Å². The molecule has 2 aromatic heterocycles. The average Bonchev–Trinajstić information content (AvgIpc) is 3.12. The van der Waals surface area contributed by atoms with E-state index in [9.17, 15) is 18.0 Å². The summed E-state index contributed by atoms with van der Waals surface area (Å²) in [4.78, 5) is 20.7. The molecule has 2 heterocycles. The van der Waals surface area contributed by atoms with Crippen molar-refractivity contribution in [1.29, 1.82) is 5.26 Å². The maximum absolute atomic E-state index is 13.0. The van der Waals surface area contributed by atoms with Gasteiger partial charge in [0.05, 0.1) is 16.6 Å². The standard InChI is InChI=1S/C18H11Cl2F3N6O/c1-9(26-17(30)10-4-11(18(21,22)23)6-13(20)5-10)16-27-14(7-24)28-29(16)15-3-2-12(19)8-25-15/h2-6,8-9H,1H3,(H,26,30). The zero-order valence-electron chi connectivity index (χ0n) is 15.1. The maximum atomic E-state index is 13.0. The molecule has 0 aliphatic carbocycles. The summed E-state index contributed by atoms with van der Waals surface area (Å²) in [7, 11) is 0. The summed E-state index contributed by atoms with van der Waals surface area (Å²) in [6.45, 7) is 1.53. The Balaban J connectivity index is 1.91. The van der Waals surface area contributed by atoms with E-state index in [1.165, 1.54) is 23.9 Å². The van der Waals surface area contributed by atoms with Gasteiger partial charge in [0, 0.05) is 16.8 Å². The first-order valence-electron chi connectivity index (χ1n) is 8.26. The highest BCUT2D eigenvalue weighted by atomic mass is 35.5. The number of benzene rings is 1. The zero-order valence-corrected chi connectivity index (χ0v) is 16.6. The number of rotatable bonds is 4. The highest BCUT2D eigenvalue weighted by Gasteiger charge is 2.32. The molecule has 12 heteroatoms. The molecule has 1 atom stereocenters. The summed E-state index contributed by atoms with van der Waals surface area (Å²) in [5.74, 6) is -0.558. The van der Waals surface area contributed by atoms with E-state index in [-0.39, 0.29) is 28.1 Å². The van der Waals surface area contributed by atoms with Crippen molar-refractivity contribution in [2.45, 2.75) is 19.1 Å². The van der Waals surface area contributed by atoms with E-state index in [0.717, 1.165) is 12.1 Å². The van der Waals surface area contributed by atoms with Crippen molar-refractivity contribution in [2.24, 2.45) is 0 Å². The van der Waals surface area contributed by atoms with Crippen LogP contribution in [0, 0.1) is 11.3 Å². The van der Waals surface area contributed by atoms with Crippen LogP contribution >= 0.6 is 23.2 Å². The highest BCUT2D eigenvalue weighted by Crippen LogP contribution is 2.32. The smallest absolute Gasteiger partial charge is 0.342 e. The number of amides is 1. The monoisotopic (exact) mass is 454 g/mol. The number of nitrogens with one attached hydrogen (secondary N) is 1. The number of carbonyl (C=O) groups excluding carboxylic acids is 1. The van der Waals surface area contributed by atoms with E-state index in [2.05, 4.69) is 20.4 Å². The number of halogens is 5. The summed E-state index contributed by atoms with van der Waals surface area (Å²) in [5.41, 5.74) is -1.33. The molecule has 7 nitrogen and oxygen atoms in total. The van der Waals surface area contributed by atoms with Gasteiger partial charge in [0.15, 0.2) is 11.6 Å². The van der Waals surface area contributed by atoms with Crippen LogP contribution in [0.25, 0.3) is 5.82 Å². The number of aromatic nitrogens is 4. The molecule has 1 N–H and O–H groups in total. The predicted molar refractivity (Wildman–Crippen MR) is 101 cm³/mol. The van der Waals surface area contributed by atoms with Crippen LogP contribution in [-0.4, -0.2) is 25.7 Å². The average molecular weight is 455 g/mol. The second-order valence-corrected chi connectivity index (χ2v) is 6.95. The number of alkyl halides is 3. The Morgan fingerprint density at radius 3 is 2.57 bits per heavy atom. The quantitative estimate of drug-likeness (QED) is 0.631. The van der Waals surface area contributed by atoms with Crippen molar-refractivity contribution in [2.75, 3.05) is 0 Å². The van der Waals surface area contributed by atoms with Crippen molar-refractivity contribution in [3.63, 3.8) is 0 Å². The Kier molecular flexibility index (Phi) is 5.96. The molecule has 1 aromatic carbocycles. The van der Waals surface area contributed by atoms with Crippen LogP contribution in [-0.2, 0) is 6.18 Å². The van der Waals surface area contributed by atoms with Gasteiger partial charge in [0.1, 0.15) is 6.07 Å². The Labute approximate surface area is 178 Å². The van der Waals surface area contributed by atoms with Gasteiger partial charge in [-0.2, -0.15) is 23.1 Å². The fourth-order valence-electron chi connectivity index (χ4n) is 2.54. The molecule has 0 aliphatic rings. The van der Waals surface area contributed by atoms with Gasteiger partial charge in [0.2, 0.25) is 0 Å². The third-order valence-electron chi connectivity index (χ3n) is 3.88. The van der Waals surface area contributed by atoms with Crippen molar-refractivity contribution >= 4 is 29.1 Å². The lowest BCUT2D eigenvalue weighted by atomic mass is 10.1. The molecular weight excluding hydrogens is 444 g/mol. The molecular formula is C18H11Cl2F3N6O. The van der Waals surface area contributed by atoms with Crippen molar-refractivity contribution < 1.29 is 18.0 Å². The Morgan fingerprint density at radius 1 is 1.23 bits per heavy atom. The number of carbonyl (C=O) groups is 1. The molecule has 0 fully saturated rings. The second kappa shape index (κ2) is 8.30. The molecule has 30 heavy (non-hydrogen) atoms. The molecule has 0 saturated carbocycles. The van der Waals surface area contributed by atoms with E-state index in [4.69, 9.17) is 28.5 Å². The summed E-state index contributed by atoms with van der Waals surface area (Å²) >= 11 is 11.6. The van der Waals surface area contributed by atoms with E-state index in [1.54, 1.807) is 12.1 Å². The van der Waals surface area contributed by atoms with Gasteiger partial charge in [-0.3, -0.25) is 4.79 Å². The van der Waals surface area contributed by atoms with Crippen molar-refractivity contribution in [3.05, 3.63) is 69.3 Å². The van der Waals surface area contributed by atoms with Gasteiger partial charge in [-0.1, -0.05) is 23.2 Å². The van der Waals surface area contributed by atoms with Gasteiger partial charge in [-0.05, 0) is 37.3 Å². The minimum atomic E-state index is -4.66. The second-order valence-electron chi connectivity index (χ2n) is 6.07. The lowest BCUT2D eigenvalue weighted by Gasteiger charge is -2.15. The molecule has 154 valence electrons. The Morgan fingerprint density at radius 2 is 1.97 bits per heavy atom. The SMILES string of the molecule is CC(NC(=O)c1cc(Cl)cc(C(F)(F)F)c1)c1nc(C#N)nn1-c1ccc(Cl)cn1. The Hall–Kier alpha value is -3.16. The van der Waals surface area contributed by atoms with Crippen LogP contribution in [0.2, 0.25) is 10.0 Å². The minimum Gasteiger partial charge on any atom is -0.342 e. The number of nitrogens with zero attached hydrogens (tertiary/aromatic N) is 5. The zero-order chi connectivity index (χ0) is 22.1. The summed E-state index contributed by atoms with van der Waals surface area (Å²) < 4.78 is 40.2. The predicted octanol–water partition coefficient (Wildman–Crippen LogP) is 4.35. The molecule has 0 radical (unpaired) electrons. The number of nitriles is 1. The molecule has 0 saturated heterocycles. The maximum Gasteiger partial charge on any atom is 0.416 e. The van der Waals surface area contributed by atoms with E-state index in [0.29, 0.717) is 11.1 Å². The fourth-order valence-corrected chi connectivity index (χ4v) is 2.89. The topological polar surface area (TPSA) is 96.5 Å². The Bertz CT molecular complexity index is 1140. The molecule has 1 amide bonds. The van der Waals surface area contributed by atoms with Crippen LogP contribution in [0.5, 0.6) is 0 Å². The molecule has 0 spiro atoms. The van der Waals surface area contributed by atoms with Crippen LogP contribution in [0.4, 0.5) is 13.2 Å².